The van der Waals surface area contributed by atoms with Gasteiger partial charge < -0.3 is 0 Å². The third-order valence-electron chi connectivity index (χ3n) is 4.96. The van der Waals surface area contributed by atoms with Gasteiger partial charge in [0.05, 0.1) is 17.4 Å². The molecule has 0 fully saturated rings. The van der Waals surface area contributed by atoms with E-state index in [0.29, 0.717) is 0 Å². The summed E-state index contributed by atoms with van der Waals surface area (Å²) in [5, 5.41) is 10.1. The van der Waals surface area contributed by atoms with Gasteiger partial charge in [0.2, 0.25) is 5.13 Å². The van der Waals surface area contributed by atoms with Crippen molar-refractivity contribution in [1.82, 2.24) is 4.98 Å². The van der Waals surface area contributed by atoms with E-state index in [1.165, 1.54) is 11.1 Å². The highest BCUT2D eigenvalue weighted by Gasteiger charge is 2.31. The summed E-state index contributed by atoms with van der Waals surface area (Å²) in [6.45, 7) is 0. The Bertz CT molecular complexity index is 1090. The van der Waals surface area contributed by atoms with Crippen LogP contribution >= 0.6 is 11.3 Å². The SMILES string of the molecule is c1ccc(C2=NN(c3nc(-c4ccccc4)cs3)[C@@H](c3ccccc3)C2)cc1. The summed E-state index contributed by atoms with van der Waals surface area (Å²) in [6.07, 6.45) is 0.869. The van der Waals surface area contributed by atoms with Crippen LogP contribution in [0.4, 0.5) is 5.13 Å². The maximum absolute atomic E-state index is 4.99. The summed E-state index contributed by atoms with van der Waals surface area (Å²) in [7, 11) is 0. The van der Waals surface area contributed by atoms with Crippen molar-refractivity contribution >= 4 is 22.2 Å². The Morgan fingerprint density at radius 3 is 2.04 bits per heavy atom. The molecule has 1 aliphatic rings. The minimum absolute atomic E-state index is 0.158. The standard InChI is InChI=1S/C24H19N3S/c1-4-10-18(11-5-1)21-16-23(20-14-8-3-9-15-20)27(26-21)24-25-22(17-28-24)19-12-6-2-7-13-19/h1-15,17,23H,16H2/t23-/m1/s1. The molecule has 0 radical (unpaired) electrons. The molecule has 1 aromatic heterocycles. The minimum atomic E-state index is 0.158. The molecule has 1 atom stereocenters. The van der Waals surface area contributed by atoms with Gasteiger partial charge in [-0.2, -0.15) is 5.10 Å². The number of rotatable bonds is 4. The fourth-order valence-electron chi connectivity index (χ4n) is 3.54. The lowest BCUT2D eigenvalue weighted by molar-refractivity contribution is 0.706. The lowest BCUT2D eigenvalue weighted by Crippen LogP contribution is -2.18. The lowest BCUT2D eigenvalue weighted by Gasteiger charge is -2.21. The lowest BCUT2D eigenvalue weighted by atomic mass is 9.99. The van der Waals surface area contributed by atoms with Gasteiger partial charge in [-0.15, -0.1) is 11.3 Å². The molecule has 136 valence electrons. The fraction of sp³-hybridized carbons (Fsp3) is 0.0833. The maximum atomic E-state index is 4.99. The van der Waals surface area contributed by atoms with Crippen molar-refractivity contribution in [3.05, 3.63) is 108 Å². The summed E-state index contributed by atoms with van der Waals surface area (Å²) in [5.74, 6) is 0. The zero-order valence-electron chi connectivity index (χ0n) is 15.3. The number of benzene rings is 3. The number of nitrogens with zero attached hydrogens (tertiary/aromatic N) is 3. The molecule has 2 heterocycles. The van der Waals surface area contributed by atoms with Gasteiger partial charge in [-0.05, 0) is 11.1 Å². The van der Waals surface area contributed by atoms with E-state index >= 15 is 0 Å². The number of anilines is 1. The first-order chi connectivity index (χ1) is 13.9. The van der Waals surface area contributed by atoms with Crippen LogP contribution in [0.25, 0.3) is 11.3 Å². The Hall–Kier alpha value is -3.24. The number of thiazole rings is 1. The Morgan fingerprint density at radius 1 is 0.750 bits per heavy atom. The Kier molecular flexibility index (Phi) is 4.47. The van der Waals surface area contributed by atoms with Crippen molar-refractivity contribution in [2.75, 3.05) is 5.01 Å². The van der Waals surface area contributed by atoms with E-state index in [4.69, 9.17) is 10.1 Å². The molecule has 3 aromatic carbocycles. The molecule has 4 aromatic rings. The van der Waals surface area contributed by atoms with Crippen LogP contribution in [0.2, 0.25) is 0 Å². The second kappa shape index (κ2) is 7.41. The highest BCUT2D eigenvalue weighted by molar-refractivity contribution is 7.14. The van der Waals surface area contributed by atoms with E-state index in [-0.39, 0.29) is 6.04 Å². The van der Waals surface area contributed by atoms with Crippen molar-refractivity contribution in [2.45, 2.75) is 12.5 Å². The molecule has 28 heavy (non-hydrogen) atoms. The fourth-order valence-corrected chi connectivity index (χ4v) is 4.37. The number of hydrogen-bond acceptors (Lipinski definition) is 4. The second-order valence-corrected chi connectivity index (χ2v) is 7.61. The quantitative estimate of drug-likeness (QED) is 0.423. The third-order valence-corrected chi connectivity index (χ3v) is 5.79. The van der Waals surface area contributed by atoms with Gasteiger partial charge in [0.15, 0.2) is 0 Å². The highest BCUT2D eigenvalue weighted by Crippen LogP contribution is 2.39. The molecule has 3 nitrogen and oxygen atoms in total. The second-order valence-electron chi connectivity index (χ2n) is 6.77. The minimum Gasteiger partial charge on any atom is -0.231 e. The molecule has 0 spiro atoms. The van der Waals surface area contributed by atoms with Gasteiger partial charge in [0.1, 0.15) is 0 Å². The average Bonchev–Trinajstić information content (AvgIpc) is 3.43. The first kappa shape index (κ1) is 16.9. The number of hydrogen-bond donors (Lipinski definition) is 0. The molecule has 0 amide bonds. The Labute approximate surface area is 168 Å². The van der Waals surface area contributed by atoms with Crippen LogP contribution in [-0.2, 0) is 0 Å². The molecule has 0 bridgehead atoms. The van der Waals surface area contributed by atoms with E-state index in [9.17, 15) is 0 Å². The zero-order valence-corrected chi connectivity index (χ0v) is 16.1. The number of aromatic nitrogens is 1. The zero-order chi connectivity index (χ0) is 18.8. The van der Waals surface area contributed by atoms with E-state index in [2.05, 4.69) is 77.1 Å². The van der Waals surface area contributed by atoms with Gasteiger partial charge in [-0.1, -0.05) is 91.0 Å². The monoisotopic (exact) mass is 381 g/mol. The Balaban J connectivity index is 1.54. The van der Waals surface area contributed by atoms with E-state index in [0.717, 1.165) is 28.5 Å². The van der Waals surface area contributed by atoms with Crippen LogP contribution in [-0.4, -0.2) is 10.7 Å². The topological polar surface area (TPSA) is 28.5 Å². The van der Waals surface area contributed by atoms with Crippen LogP contribution in [0.15, 0.2) is 101 Å². The molecule has 1 aliphatic heterocycles. The van der Waals surface area contributed by atoms with Crippen molar-refractivity contribution in [2.24, 2.45) is 5.10 Å². The Morgan fingerprint density at radius 2 is 1.36 bits per heavy atom. The molecular formula is C24H19N3S. The van der Waals surface area contributed by atoms with Crippen molar-refractivity contribution < 1.29 is 0 Å². The molecule has 0 aliphatic carbocycles. The summed E-state index contributed by atoms with van der Waals surface area (Å²) >= 11 is 1.65. The normalized spacial score (nSPS) is 16.2. The third kappa shape index (κ3) is 3.23. The molecule has 0 saturated carbocycles. The summed E-state index contributed by atoms with van der Waals surface area (Å²) < 4.78 is 0. The van der Waals surface area contributed by atoms with Crippen LogP contribution in [0.5, 0.6) is 0 Å². The van der Waals surface area contributed by atoms with E-state index < -0.39 is 0 Å². The first-order valence-corrected chi connectivity index (χ1v) is 10.2. The van der Waals surface area contributed by atoms with E-state index in [1.807, 2.05) is 24.3 Å². The summed E-state index contributed by atoms with van der Waals surface area (Å²) in [4.78, 5) is 4.90. The van der Waals surface area contributed by atoms with Crippen LogP contribution in [0, 0.1) is 0 Å². The van der Waals surface area contributed by atoms with Crippen molar-refractivity contribution in [3.63, 3.8) is 0 Å². The van der Waals surface area contributed by atoms with Gasteiger partial charge in [-0.25, -0.2) is 9.99 Å². The van der Waals surface area contributed by atoms with Crippen LogP contribution in [0.1, 0.15) is 23.6 Å². The van der Waals surface area contributed by atoms with Crippen molar-refractivity contribution in [3.8, 4) is 11.3 Å². The van der Waals surface area contributed by atoms with Gasteiger partial charge in [0, 0.05) is 17.4 Å². The van der Waals surface area contributed by atoms with E-state index in [1.54, 1.807) is 11.3 Å². The molecule has 0 unspecified atom stereocenters. The summed E-state index contributed by atoms with van der Waals surface area (Å²) in [6, 6.07) is 31.5. The number of hydrazone groups is 1. The van der Waals surface area contributed by atoms with Crippen molar-refractivity contribution in [1.29, 1.82) is 0 Å². The van der Waals surface area contributed by atoms with Gasteiger partial charge in [-0.3, -0.25) is 0 Å². The molecule has 0 N–H and O–H groups in total. The molecule has 0 saturated heterocycles. The van der Waals surface area contributed by atoms with Gasteiger partial charge >= 0.3 is 0 Å². The summed E-state index contributed by atoms with van der Waals surface area (Å²) in [5.41, 5.74) is 5.66. The highest BCUT2D eigenvalue weighted by atomic mass is 32.1. The predicted molar refractivity (Wildman–Crippen MR) is 117 cm³/mol. The predicted octanol–water partition coefficient (Wildman–Crippen LogP) is 6.17. The molecule has 5 rings (SSSR count). The maximum Gasteiger partial charge on any atom is 0.207 e. The molecular weight excluding hydrogens is 362 g/mol. The first-order valence-electron chi connectivity index (χ1n) is 9.36. The van der Waals surface area contributed by atoms with Crippen LogP contribution < -0.4 is 5.01 Å². The largest absolute Gasteiger partial charge is 0.231 e. The van der Waals surface area contributed by atoms with Crippen LogP contribution in [0.3, 0.4) is 0 Å². The average molecular weight is 382 g/mol. The molecule has 4 heteroatoms. The van der Waals surface area contributed by atoms with Gasteiger partial charge in [0.25, 0.3) is 0 Å². The smallest absolute Gasteiger partial charge is 0.207 e.